The summed E-state index contributed by atoms with van der Waals surface area (Å²) in [6.45, 7) is 5.25. The van der Waals surface area contributed by atoms with E-state index in [1.807, 2.05) is 0 Å². The molecule has 2 rings (SSSR count). The van der Waals surface area contributed by atoms with E-state index in [0.717, 1.165) is 32.1 Å². The summed E-state index contributed by atoms with van der Waals surface area (Å²) in [6.07, 6.45) is 2.93. The molecule has 15 heavy (non-hydrogen) atoms. The molecule has 2 saturated heterocycles. The minimum Gasteiger partial charge on any atom is -0.374 e. The van der Waals surface area contributed by atoms with Gasteiger partial charge in [-0.2, -0.15) is 0 Å². The van der Waals surface area contributed by atoms with Crippen LogP contribution in [0.3, 0.4) is 0 Å². The number of likely N-dealkylation sites (tertiary alicyclic amines) is 1. The highest BCUT2D eigenvalue weighted by atomic mass is 35.5. The number of alkyl halides is 1. The molecule has 0 spiro atoms. The zero-order chi connectivity index (χ0) is 10.7. The lowest BCUT2D eigenvalue weighted by Gasteiger charge is -2.34. The van der Waals surface area contributed by atoms with Crippen LogP contribution in [-0.4, -0.2) is 67.7 Å². The van der Waals surface area contributed by atoms with Crippen molar-refractivity contribution in [2.75, 3.05) is 45.7 Å². The number of morpholine rings is 1. The van der Waals surface area contributed by atoms with Crippen LogP contribution >= 0.6 is 11.6 Å². The zero-order valence-corrected chi connectivity index (χ0v) is 10.2. The topological polar surface area (TPSA) is 15.7 Å². The Bertz CT molecular complexity index is 203. The van der Waals surface area contributed by atoms with Crippen molar-refractivity contribution >= 4 is 11.6 Å². The molecule has 0 radical (unpaired) electrons. The van der Waals surface area contributed by atoms with Gasteiger partial charge in [-0.05, 0) is 26.4 Å². The van der Waals surface area contributed by atoms with Crippen LogP contribution in [0.4, 0.5) is 0 Å². The highest BCUT2D eigenvalue weighted by Gasteiger charge is 2.27. The fourth-order valence-corrected chi connectivity index (χ4v) is 2.90. The van der Waals surface area contributed by atoms with Gasteiger partial charge in [-0.3, -0.25) is 4.90 Å². The fraction of sp³-hybridized carbons (Fsp3) is 1.00. The molecule has 1 unspecified atom stereocenters. The van der Waals surface area contributed by atoms with Crippen molar-refractivity contribution in [1.82, 2.24) is 9.80 Å². The average Bonchev–Trinajstić information content (AvgIpc) is 2.65. The van der Waals surface area contributed by atoms with E-state index in [-0.39, 0.29) is 0 Å². The Labute approximate surface area is 97.3 Å². The molecule has 0 bridgehead atoms. The molecule has 0 aromatic heterocycles. The molecule has 0 N–H and O–H groups in total. The van der Waals surface area contributed by atoms with E-state index in [1.54, 1.807) is 0 Å². The van der Waals surface area contributed by atoms with Crippen molar-refractivity contribution in [1.29, 1.82) is 0 Å². The number of hydrogen-bond donors (Lipinski definition) is 0. The molecule has 0 aromatic rings. The first kappa shape index (κ1) is 11.6. The SMILES string of the molecule is CN1CCOC(CN2CCC[C@@H]2CCl)C1. The second-order valence-corrected chi connectivity index (χ2v) is 5.01. The number of hydrogen-bond acceptors (Lipinski definition) is 3. The Morgan fingerprint density at radius 1 is 1.40 bits per heavy atom. The van der Waals surface area contributed by atoms with Crippen LogP contribution in [0, 0.1) is 0 Å². The summed E-state index contributed by atoms with van der Waals surface area (Å²) in [4.78, 5) is 4.84. The van der Waals surface area contributed by atoms with Crippen LogP contribution in [0.15, 0.2) is 0 Å². The summed E-state index contributed by atoms with van der Waals surface area (Å²) in [6, 6.07) is 0.586. The Kier molecular flexibility index (Phi) is 4.26. The molecular formula is C11H21ClN2O. The maximum absolute atomic E-state index is 5.96. The van der Waals surface area contributed by atoms with Gasteiger partial charge in [0.1, 0.15) is 0 Å². The molecule has 4 heteroatoms. The van der Waals surface area contributed by atoms with Crippen molar-refractivity contribution in [3.63, 3.8) is 0 Å². The van der Waals surface area contributed by atoms with Crippen LogP contribution in [0.25, 0.3) is 0 Å². The van der Waals surface area contributed by atoms with E-state index in [9.17, 15) is 0 Å². The zero-order valence-electron chi connectivity index (χ0n) is 9.49. The minimum absolute atomic E-state index is 0.382. The number of likely N-dealkylation sites (N-methyl/N-ethyl adjacent to an activating group) is 1. The quantitative estimate of drug-likeness (QED) is 0.676. The number of ether oxygens (including phenoxy) is 1. The van der Waals surface area contributed by atoms with Gasteiger partial charge in [-0.1, -0.05) is 0 Å². The fourth-order valence-electron chi connectivity index (χ4n) is 2.55. The van der Waals surface area contributed by atoms with Gasteiger partial charge >= 0.3 is 0 Å². The molecule has 2 atom stereocenters. The minimum atomic E-state index is 0.382. The molecule has 2 fully saturated rings. The van der Waals surface area contributed by atoms with E-state index in [2.05, 4.69) is 16.8 Å². The molecule has 3 nitrogen and oxygen atoms in total. The Balaban J connectivity index is 1.80. The molecule has 0 aliphatic carbocycles. The lowest BCUT2D eigenvalue weighted by Crippen LogP contribution is -2.47. The van der Waals surface area contributed by atoms with Gasteiger partial charge in [-0.25, -0.2) is 0 Å². The lowest BCUT2D eigenvalue weighted by atomic mass is 10.2. The summed E-state index contributed by atoms with van der Waals surface area (Å²) < 4.78 is 5.78. The molecule has 0 amide bonds. The van der Waals surface area contributed by atoms with Crippen molar-refractivity contribution in [2.45, 2.75) is 25.0 Å². The van der Waals surface area contributed by atoms with E-state index >= 15 is 0 Å². The molecule has 88 valence electrons. The smallest absolute Gasteiger partial charge is 0.0829 e. The van der Waals surface area contributed by atoms with E-state index in [1.165, 1.54) is 19.4 Å². The summed E-state index contributed by atoms with van der Waals surface area (Å²) in [5.74, 6) is 0.766. The monoisotopic (exact) mass is 232 g/mol. The van der Waals surface area contributed by atoms with Crippen molar-refractivity contribution in [3.8, 4) is 0 Å². The van der Waals surface area contributed by atoms with Gasteiger partial charge < -0.3 is 9.64 Å². The first-order valence-corrected chi connectivity index (χ1v) is 6.43. The molecule has 0 saturated carbocycles. The third-order valence-corrected chi connectivity index (χ3v) is 3.81. The van der Waals surface area contributed by atoms with Crippen LogP contribution in [-0.2, 0) is 4.74 Å². The summed E-state index contributed by atoms with van der Waals surface area (Å²) in [5.41, 5.74) is 0. The maximum atomic E-state index is 5.96. The first-order chi connectivity index (χ1) is 7.29. The summed E-state index contributed by atoms with van der Waals surface area (Å²) in [5, 5.41) is 0. The van der Waals surface area contributed by atoms with Crippen molar-refractivity contribution < 1.29 is 4.74 Å². The summed E-state index contributed by atoms with van der Waals surface area (Å²) >= 11 is 5.96. The van der Waals surface area contributed by atoms with Crippen LogP contribution in [0.5, 0.6) is 0 Å². The van der Waals surface area contributed by atoms with E-state index in [4.69, 9.17) is 16.3 Å². The Morgan fingerprint density at radius 2 is 2.27 bits per heavy atom. The molecule has 2 heterocycles. The Morgan fingerprint density at radius 3 is 3.00 bits per heavy atom. The third kappa shape index (κ3) is 3.06. The van der Waals surface area contributed by atoms with Gasteiger partial charge in [-0.15, -0.1) is 11.6 Å². The van der Waals surface area contributed by atoms with Gasteiger partial charge in [0.15, 0.2) is 0 Å². The second kappa shape index (κ2) is 5.48. The van der Waals surface area contributed by atoms with Gasteiger partial charge in [0.25, 0.3) is 0 Å². The molecular weight excluding hydrogens is 212 g/mol. The highest BCUT2D eigenvalue weighted by Crippen LogP contribution is 2.19. The second-order valence-electron chi connectivity index (χ2n) is 4.70. The standard InChI is InChI=1S/C11H21ClN2O/c1-13-5-6-15-11(8-13)9-14-4-2-3-10(14)7-12/h10-11H,2-9H2,1H3/t10-,11?/m1/s1. The predicted molar refractivity (Wildman–Crippen MR) is 62.6 cm³/mol. The largest absolute Gasteiger partial charge is 0.374 e. The molecule has 0 aromatic carbocycles. The lowest BCUT2D eigenvalue weighted by molar-refractivity contribution is -0.0363. The van der Waals surface area contributed by atoms with Gasteiger partial charge in [0, 0.05) is 31.6 Å². The predicted octanol–water partition coefficient (Wildman–Crippen LogP) is 1.02. The molecule has 2 aliphatic rings. The third-order valence-electron chi connectivity index (χ3n) is 3.46. The maximum Gasteiger partial charge on any atom is 0.0829 e. The number of rotatable bonds is 3. The van der Waals surface area contributed by atoms with Crippen molar-refractivity contribution in [2.24, 2.45) is 0 Å². The average molecular weight is 233 g/mol. The van der Waals surface area contributed by atoms with Gasteiger partial charge in [0.05, 0.1) is 12.7 Å². The van der Waals surface area contributed by atoms with E-state index in [0.29, 0.717) is 12.1 Å². The van der Waals surface area contributed by atoms with Crippen molar-refractivity contribution in [3.05, 3.63) is 0 Å². The van der Waals surface area contributed by atoms with Gasteiger partial charge in [0.2, 0.25) is 0 Å². The summed E-state index contributed by atoms with van der Waals surface area (Å²) in [7, 11) is 2.17. The van der Waals surface area contributed by atoms with Crippen LogP contribution in [0.1, 0.15) is 12.8 Å². The normalized spacial score (nSPS) is 34.8. The Hall–Kier alpha value is 0.170. The van der Waals surface area contributed by atoms with E-state index < -0.39 is 0 Å². The molecule has 2 aliphatic heterocycles. The highest BCUT2D eigenvalue weighted by molar-refractivity contribution is 6.18. The number of halogens is 1. The number of nitrogens with zero attached hydrogens (tertiary/aromatic N) is 2. The van der Waals surface area contributed by atoms with Crippen LogP contribution in [0.2, 0.25) is 0 Å². The first-order valence-electron chi connectivity index (χ1n) is 5.89. The van der Waals surface area contributed by atoms with Crippen LogP contribution < -0.4 is 0 Å².